The molecule has 1 N–H and O–H groups in total. The summed E-state index contributed by atoms with van der Waals surface area (Å²) < 4.78 is 0. The molecule has 0 aliphatic rings. The van der Waals surface area contributed by atoms with Gasteiger partial charge in [0.25, 0.3) is 0 Å². The maximum atomic E-state index is 11.6. The number of benzene rings is 1. The third kappa shape index (κ3) is 4.70. The van der Waals surface area contributed by atoms with Crippen molar-refractivity contribution in [2.75, 3.05) is 0 Å². The predicted octanol–water partition coefficient (Wildman–Crippen LogP) is 2.80. The first-order valence-electron chi connectivity index (χ1n) is 6.40. The SMILES string of the molecule is CCc1ccc(C(C)NC(=O)CCC(C)=O)cc1. The van der Waals surface area contributed by atoms with Gasteiger partial charge in [0.15, 0.2) is 0 Å². The lowest BCUT2D eigenvalue weighted by Gasteiger charge is -2.14. The highest BCUT2D eigenvalue weighted by atomic mass is 16.2. The maximum Gasteiger partial charge on any atom is 0.220 e. The van der Waals surface area contributed by atoms with Gasteiger partial charge in [-0.15, -0.1) is 0 Å². The second-order valence-electron chi connectivity index (χ2n) is 4.59. The number of aryl methyl sites for hydroxylation is 1. The van der Waals surface area contributed by atoms with Crippen LogP contribution in [0.2, 0.25) is 0 Å². The van der Waals surface area contributed by atoms with Crippen molar-refractivity contribution in [3.8, 4) is 0 Å². The van der Waals surface area contributed by atoms with Gasteiger partial charge in [-0.25, -0.2) is 0 Å². The van der Waals surface area contributed by atoms with E-state index in [0.717, 1.165) is 12.0 Å². The van der Waals surface area contributed by atoms with Crippen molar-refractivity contribution in [2.45, 2.75) is 46.1 Å². The van der Waals surface area contributed by atoms with Gasteiger partial charge in [-0.3, -0.25) is 4.79 Å². The summed E-state index contributed by atoms with van der Waals surface area (Å²) in [5, 5.41) is 2.90. The van der Waals surface area contributed by atoms with Gasteiger partial charge in [-0.2, -0.15) is 0 Å². The van der Waals surface area contributed by atoms with Gasteiger partial charge >= 0.3 is 0 Å². The van der Waals surface area contributed by atoms with E-state index in [4.69, 9.17) is 0 Å². The summed E-state index contributed by atoms with van der Waals surface area (Å²) in [4.78, 5) is 22.4. The summed E-state index contributed by atoms with van der Waals surface area (Å²) in [7, 11) is 0. The third-order valence-corrected chi connectivity index (χ3v) is 2.97. The van der Waals surface area contributed by atoms with Crippen LogP contribution in [0.3, 0.4) is 0 Å². The molecule has 0 aromatic heterocycles. The average Bonchev–Trinajstić information content (AvgIpc) is 2.36. The van der Waals surface area contributed by atoms with Gasteiger partial charge in [0.1, 0.15) is 5.78 Å². The molecular weight excluding hydrogens is 226 g/mol. The largest absolute Gasteiger partial charge is 0.350 e. The summed E-state index contributed by atoms with van der Waals surface area (Å²) in [6, 6.07) is 8.21. The van der Waals surface area contributed by atoms with Crippen LogP contribution < -0.4 is 5.32 Å². The Bertz CT molecular complexity index is 409. The Balaban J connectivity index is 2.50. The molecule has 0 radical (unpaired) electrons. The van der Waals surface area contributed by atoms with Crippen LogP contribution in [0.4, 0.5) is 0 Å². The molecule has 0 saturated carbocycles. The number of hydrogen-bond acceptors (Lipinski definition) is 2. The van der Waals surface area contributed by atoms with E-state index in [1.807, 2.05) is 19.1 Å². The van der Waals surface area contributed by atoms with Crippen molar-refractivity contribution < 1.29 is 9.59 Å². The highest BCUT2D eigenvalue weighted by Gasteiger charge is 2.09. The van der Waals surface area contributed by atoms with E-state index in [1.165, 1.54) is 12.5 Å². The zero-order valence-electron chi connectivity index (χ0n) is 11.3. The first-order valence-corrected chi connectivity index (χ1v) is 6.40. The maximum absolute atomic E-state index is 11.6. The van der Waals surface area contributed by atoms with Gasteiger partial charge in [0, 0.05) is 12.8 Å². The average molecular weight is 247 g/mol. The number of rotatable bonds is 6. The molecule has 1 unspecified atom stereocenters. The molecule has 0 aliphatic carbocycles. The summed E-state index contributed by atoms with van der Waals surface area (Å²) in [5.41, 5.74) is 2.37. The van der Waals surface area contributed by atoms with E-state index in [0.29, 0.717) is 6.42 Å². The molecule has 1 atom stereocenters. The van der Waals surface area contributed by atoms with E-state index < -0.39 is 0 Å². The number of Topliss-reactive ketones (excluding diaryl/α,β-unsaturated/α-hetero) is 1. The summed E-state index contributed by atoms with van der Waals surface area (Å²) in [6.07, 6.45) is 1.60. The zero-order chi connectivity index (χ0) is 13.5. The van der Waals surface area contributed by atoms with E-state index >= 15 is 0 Å². The molecule has 0 fully saturated rings. The monoisotopic (exact) mass is 247 g/mol. The normalized spacial score (nSPS) is 11.9. The zero-order valence-corrected chi connectivity index (χ0v) is 11.3. The Hall–Kier alpha value is -1.64. The predicted molar refractivity (Wildman–Crippen MR) is 72.3 cm³/mol. The molecule has 1 amide bonds. The Morgan fingerprint density at radius 3 is 2.28 bits per heavy atom. The number of hydrogen-bond donors (Lipinski definition) is 1. The second kappa shape index (κ2) is 6.94. The lowest BCUT2D eigenvalue weighted by molar-refractivity contribution is -0.125. The van der Waals surface area contributed by atoms with E-state index in [-0.39, 0.29) is 24.2 Å². The van der Waals surface area contributed by atoms with Crippen LogP contribution in [0, 0.1) is 0 Å². The van der Waals surface area contributed by atoms with Gasteiger partial charge in [0.05, 0.1) is 6.04 Å². The minimum absolute atomic E-state index is 0.0182. The molecule has 0 saturated heterocycles. The Morgan fingerprint density at radius 2 is 1.78 bits per heavy atom. The highest BCUT2D eigenvalue weighted by Crippen LogP contribution is 2.14. The minimum Gasteiger partial charge on any atom is -0.350 e. The van der Waals surface area contributed by atoms with Crippen molar-refractivity contribution in [1.29, 1.82) is 0 Å². The molecular formula is C15H21NO2. The molecule has 0 spiro atoms. The van der Waals surface area contributed by atoms with Crippen LogP contribution in [0.25, 0.3) is 0 Å². The third-order valence-electron chi connectivity index (χ3n) is 2.97. The second-order valence-corrected chi connectivity index (χ2v) is 4.59. The van der Waals surface area contributed by atoms with Gasteiger partial charge in [-0.05, 0) is 31.4 Å². The van der Waals surface area contributed by atoms with Gasteiger partial charge in [0.2, 0.25) is 5.91 Å². The topological polar surface area (TPSA) is 46.2 Å². The minimum atomic E-state index is -0.0720. The Kier molecular flexibility index (Phi) is 5.56. The Morgan fingerprint density at radius 1 is 1.17 bits per heavy atom. The molecule has 18 heavy (non-hydrogen) atoms. The molecule has 1 aromatic carbocycles. The summed E-state index contributed by atoms with van der Waals surface area (Å²) in [5.74, 6) is -0.0256. The fourth-order valence-corrected chi connectivity index (χ4v) is 1.73. The quantitative estimate of drug-likeness (QED) is 0.840. The van der Waals surface area contributed by atoms with Gasteiger partial charge in [-0.1, -0.05) is 31.2 Å². The van der Waals surface area contributed by atoms with Crippen molar-refractivity contribution in [3.05, 3.63) is 35.4 Å². The van der Waals surface area contributed by atoms with Crippen LogP contribution in [0.15, 0.2) is 24.3 Å². The van der Waals surface area contributed by atoms with E-state index in [9.17, 15) is 9.59 Å². The molecule has 1 rings (SSSR count). The van der Waals surface area contributed by atoms with Crippen LogP contribution in [0.1, 0.15) is 50.8 Å². The molecule has 3 nitrogen and oxygen atoms in total. The number of ketones is 1. The van der Waals surface area contributed by atoms with Gasteiger partial charge < -0.3 is 10.1 Å². The lowest BCUT2D eigenvalue weighted by Crippen LogP contribution is -2.26. The number of amides is 1. The van der Waals surface area contributed by atoms with E-state index in [2.05, 4.69) is 24.4 Å². The first-order chi connectivity index (χ1) is 8.52. The van der Waals surface area contributed by atoms with E-state index in [1.54, 1.807) is 0 Å². The summed E-state index contributed by atoms with van der Waals surface area (Å²) >= 11 is 0. The van der Waals surface area contributed by atoms with Crippen LogP contribution in [-0.2, 0) is 16.0 Å². The van der Waals surface area contributed by atoms with Crippen molar-refractivity contribution in [3.63, 3.8) is 0 Å². The van der Waals surface area contributed by atoms with Crippen molar-refractivity contribution in [2.24, 2.45) is 0 Å². The molecule has 0 heterocycles. The smallest absolute Gasteiger partial charge is 0.220 e. The molecule has 3 heteroatoms. The number of carbonyl (C=O) groups is 2. The molecule has 98 valence electrons. The highest BCUT2D eigenvalue weighted by molar-refractivity contribution is 5.83. The molecule has 0 aliphatic heterocycles. The van der Waals surface area contributed by atoms with Crippen molar-refractivity contribution >= 4 is 11.7 Å². The summed E-state index contributed by atoms with van der Waals surface area (Å²) in [6.45, 7) is 5.56. The number of carbonyl (C=O) groups excluding carboxylic acids is 2. The van der Waals surface area contributed by atoms with Crippen LogP contribution in [0.5, 0.6) is 0 Å². The van der Waals surface area contributed by atoms with Crippen molar-refractivity contribution in [1.82, 2.24) is 5.32 Å². The fourth-order valence-electron chi connectivity index (χ4n) is 1.73. The molecule has 1 aromatic rings. The Labute approximate surface area is 109 Å². The van der Waals surface area contributed by atoms with Crippen LogP contribution in [-0.4, -0.2) is 11.7 Å². The molecule has 0 bridgehead atoms. The lowest BCUT2D eigenvalue weighted by atomic mass is 10.0. The fraction of sp³-hybridized carbons (Fsp3) is 0.467. The van der Waals surface area contributed by atoms with Crippen LogP contribution >= 0.6 is 0 Å². The number of nitrogens with one attached hydrogen (secondary N) is 1. The standard InChI is InChI=1S/C15H21NO2/c1-4-13-6-8-14(9-7-13)12(3)16-15(18)10-5-11(2)17/h6-9,12H,4-5,10H2,1-3H3,(H,16,18). The first kappa shape index (κ1) is 14.4.